The van der Waals surface area contributed by atoms with Crippen LogP contribution in [0.4, 0.5) is 0 Å². The van der Waals surface area contributed by atoms with E-state index in [1.807, 2.05) is 0 Å². The van der Waals surface area contributed by atoms with E-state index in [9.17, 15) is 21.6 Å². The number of aromatic nitrogens is 4. The molecule has 0 saturated carbocycles. The van der Waals surface area contributed by atoms with Gasteiger partial charge in [0.2, 0.25) is 26.0 Å². The highest BCUT2D eigenvalue weighted by atomic mass is 35.5. The maximum absolute atomic E-state index is 12.1. The standard InChI is InChI=1S/C15H14N6O3S.C8H12N2O2S.ClH/c16-25(23,24)13-4-2-11(3-5-13)8-17-14(22)12-9-18-15(19-10-12)21-7-1-6-20-21;1-10-13(11,12)8-4-2-3-7(5-8)6-9;/h1-7,9-10H,8H2,(H,17,22)(H2,16,23,24);2-5,10H,6,9H2,1H3;1H. The minimum Gasteiger partial charge on any atom is -0.348 e. The van der Waals surface area contributed by atoms with E-state index < -0.39 is 20.0 Å². The van der Waals surface area contributed by atoms with Crippen molar-refractivity contribution in [1.82, 2.24) is 29.8 Å². The van der Waals surface area contributed by atoms with Crippen molar-refractivity contribution in [3.8, 4) is 5.95 Å². The van der Waals surface area contributed by atoms with Gasteiger partial charge in [-0.1, -0.05) is 24.3 Å². The van der Waals surface area contributed by atoms with Crippen LogP contribution in [0.2, 0.25) is 0 Å². The van der Waals surface area contributed by atoms with Gasteiger partial charge in [-0.25, -0.2) is 41.3 Å². The second kappa shape index (κ2) is 13.9. The summed E-state index contributed by atoms with van der Waals surface area (Å²) >= 11 is 0. The SMILES string of the molecule is CNS(=O)(=O)c1cccc(CN)c1.Cl.NS(=O)(=O)c1ccc(CNC(=O)c2cnc(-n3cccn3)nc2)cc1. The van der Waals surface area contributed by atoms with Crippen LogP contribution < -0.4 is 20.9 Å². The molecule has 0 aliphatic rings. The summed E-state index contributed by atoms with van der Waals surface area (Å²) in [5.41, 5.74) is 7.22. The minimum absolute atomic E-state index is 0. The largest absolute Gasteiger partial charge is 0.348 e. The summed E-state index contributed by atoms with van der Waals surface area (Å²) in [6, 6.07) is 14.2. The lowest BCUT2D eigenvalue weighted by molar-refractivity contribution is 0.0950. The summed E-state index contributed by atoms with van der Waals surface area (Å²) in [7, 11) is -5.68. The minimum atomic E-state index is -3.73. The average molecular weight is 595 g/mol. The number of rotatable bonds is 8. The van der Waals surface area contributed by atoms with Crippen molar-refractivity contribution < 1.29 is 21.6 Å². The van der Waals surface area contributed by atoms with Crippen molar-refractivity contribution >= 4 is 38.4 Å². The van der Waals surface area contributed by atoms with Crippen LogP contribution in [0.25, 0.3) is 5.95 Å². The summed E-state index contributed by atoms with van der Waals surface area (Å²) in [6.45, 7) is 0.567. The smallest absolute Gasteiger partial charge is 0.254 e. The fourth-order valence-corrected chi connectivity index (χ4v) is 4.30. The van der Waals surface area contributed by atoms with Gasteiger partial charge >= 0.3 is 0 Å². The van der Waals surface area contributed by atoms with Gasteiger partial charge in [-0.2, -0.15) is 5.10 Å². The monoisotopic (exact) mass is 594 g/mol. The molecular weight excluding hydrogens is 568 g/mol. The summed E-state index contributed by atoms with van der Waals surface area (Å²) < 4.78 is 48.7. The Bertz CT molecular complexity index is 1580. The number of sulfonamides is 2. The fourth-order valence-electron chi connectivity index (χ4n) is 2.98. The molecule has 16 heteroatoms. The third kappa shape index (κ3) is 8.91. The molecule has 2 aromatic carbocycles. The zero-order chi connectivity index (χ0) is 27.8. The number of carbonyl (C=O) groups is 1. The van der Waals surface area contributed by atoms with Gasteiger partial charge in [0.1, 0.15) is 0 Å². The highest BCUT2D eigenvalue weighted by Crippen LogP contribution is 2.11. The van der Waals surface area contributed by atoms with Crippen LogP contribution in [0.15, 0.2) is 89.2 Å². The Morgan fingerprint density at radius 2 is 1.62 bits per heavy atom. The summed E-state index contributed by atoms with van der Waals surface area (Å²) in [5, 5.41) is 11.7. The van der Waals surface area contributed by atoms with Crippen LogP contribution in [-0.2, 0) is 33.1 Å². The molecule has 0 fully saturated rings. The lowest BCUT2D eigenvalue weighted by Gasteiger charge is -2.06. The molecule has 13 nitrogen and oxygen atoms in total. The van der Waals surface area contributed by atoms with E-state index in [4.69, 9.17) is 10.9 Å². The number of carbonyl (C=O) groups excluding carboxylic acids is 1. The molecule has 0 bridgehead atoms. The number of hydrogen-bond donors (Lipinski definition) is 4. The van der Waals surface area contributed by atoms with Gasteiger partial charge in [0, 0.05) is 37.9 Å². The maximum atomic E-state index is 12.1. The molecule has 4 aromatic rings. The third-order valence-corrected chi connectivity index (χ3v) is 7.37. The first-order chi connectivity index (χ1) is 18.0. The molecule has 1 amide bonds. The Hall–Kier alpha value is -3.73. The van der Waals surface area contributed by atoms with E-state index >= 15 is 0 Å². The first-order valence-corrected chi connectivity index (χ1v) is 14.0. The van der Waals surface area contributed by atoms with Crippen LogP contribution in [0, 0.1) is 0 Å². The second-order valence-electron chi connectivity index (χ2n) is 7.65. The van der Waals surface area contributed by atoms with Crippen LogP contribution in [0.3, 0.4) is 0 Å². The van der Waals surface area contributed by atoms with Gasteiger partial charge < -0.3 is 11.1 Å². The molecule has 0 saturated heterocycles. The van der Waals surface area contributed by atoms with E-state index in [0.717, 1.165) is 11.1 Å². The topological polar surface area (TPSA) is 205 Å². The van der Waals surface area contributed by atoms with Crippen LogP contribution in [-0.4, -0.2) is 49.5 Å². The Kier molecular flexibility index (Phi) is 11.2. The molecular formula is C23H27ClN8O5S2. The van der Waals surface area contributed by atoms with Crippen molar-refractivity contribution in [2.45, 2.75) is 22.9 Å². The van der Waals surface area contributed by atoms with Crippen molar-refractivity contribution in [2.75, 3.05) is 7.05 Å². The Labute approximate surface area is 232 Å². The average Bonchev–Trinajstić information content (AvgIpc) is 3.47. The molecule has 6 N–H and O–H groups in total. The van der Waals surface area contributed by atoms with E-state index in [0.29, 0.717) is 18.1 Å². The first-order valence-electron chi connectivity index (χ1n) is 11.0. The van der Waals surface area contributed by atoms with E-state index in [-0.39, 0.29) is 34.6 Å². The lowest BCUT2D eigenvalue weighted by Crippen LogP contribution is -2.23. The Balaban J connectivity index is 0.000000324. The van der Waals surface area contributed by atoms with E-state index in [2.05, 4.69) is 25.1 Å². The number of amides is 1. The highest BCUT2D eigenvalue weighted by Gasteiger charge is 2.11. The van der Waals surface area contributed by atoms with Gasteiger partial charge in [-0.15, -0.1) is 12.4 Å². The number of halogens is 1. The van der Waals surface area contributed by atoms with Crippen LogP contribution in [0.5, 0.6) is 0 Å². The highest BCUT2D eigenvalue weighted by molar-refractivity contribution is 7.89. The Morgan fingerprint density at radius 1 is 0.949 bits per heavy atom. The normalized spacial score (nSPS) is 11.1. The van der Waals surface area contributed by atoms with Crippen LogP contribution in [0.1, 0.15) is 21.5 Å². The Morgan fingerprint density at radius 3 is 2.15 bits per heavy atom. The summed E-state index contributed by atoms with van der Waals surface area (Å²) in [4.78, 5) is 20.5. The maximum Gasteiger partial charge on any atom is 0.254 e. The molecule has 0 unspecified atom stereocenters. The summed E-state index contributed by atoms with van der Waals surface area (Å²) in [6.07, 6.45) is 6.11. The van der Waals surface area contributed by atoms with E-state index in [1.165, 1.54) is 42.3 Å². The van der Waals surface area contributed by atoms with Crippen molar-refractivity contribution in [1.29, 1.82) is 0 Å². The van der Waals surface area contributed by atoms with Gasteiger partial charge in [-0.05, 0) is 48.5 Å². The van der Waals surface area contributed by atoms with Gasteiger partial charge in [0.25, 0.3) is 5.91 Å². The second-order valence-corrected chi connectivity index (χ2v) is 11.1. The van der Waals surface area contributed by atoms with Gasteiger partial charge in [-0.3, -0.25) is 4.79 Å². The molecule has 4 rings (SSSR count). The van der Waals surface area contributed by atoms with Crippen molar-refractivity contribution in [3.63, 3.8) is 0 Å². The van der Waals surface area contributed by atoms with Crippen LogP contribution >= 0.6 is 12.4 Å². The zero-order valence-electron chi connectivity index (χ0n) is 20.6. The number of primary sulfonamides is 1. The van der Waals surface area contributed by atoms with Gasteiger partial charge in [0.15, 0.2) is 0 Å². The summed E-state index contributed by atoms with van der Waals surface area (Å²) in [5.74, 6) is 0.0164. The fraction of sp³-hybridized carbons (Fsp3) is 0.130. The third-order valence-electron chi connectivity index (χ3n) is 5.03. The number of nitrogens with two attached hydrogens (primary N) is 2. The molecule has 0 atom stereocenters. The first kappa shape index (κ1) is 31.5. The lowest BCUT2D eigenvalue weighted by atomic mass is 10.2. The zero-order valence-corrected chi connectivity index (χ0v) is 23.1. The quantitative estimate of drug-likeness (QED) is 0.226. The molecule has 0 radical (unpaired) electrons. The van der Waals surface area contributed by atoms with Gasteiger partial charge in [0.05, 0.1) is 15.4 Å². The molecule has 2 aromatic heterocycles. The molecule has 0 spiro atoms. The predicted molar refractivity (Wildman–Crippen MR) is 146 cm³/mol. The predicted octanol–water partition coefficient (Wildman–Crippen LogP) is 0.715. The van der Waals surface area contributed by atoms with Crippen molar-refractivity contribution in [2.24, 2.45) is 10.9 Å². The number of benzene rings is 2. The molecule has 208 valence electrons. The number of hydrogen-bond acceptors (Lipinski definition) is 9. The molecule has 0 aliphatic heterocycles. The molecule has 2 heterocycles. The number of nitrogens with zero attached hydrogens (tertiary/aromatic N) is 4. The van der Waals surface area contributed by atoms with E-state index in [1.54, 1.807) is 48.8 Å². The molecule has 0 aliphatic carbocycles. The molecule has 39 heavy (non-hydrogen) atoms. The number of nitrogens with one attached hydrogen (secondary N) is 2. The van der Waals surface area contributed by atoms with Crippen molar-refractivity contribution in [3.05, 3.63) is 96.1 Å².